The average Bonchev–Trinajstić information content (AvgIpc) is 4.23. The molecule has 2 aliphatic carbocycles. The molecule has 4 aromatic carbocycles. The second-order valence-corrected chi connectivity index (χ2v) is 22.8. The number of carboxylic acids is 1. The summed E-state index contributed by atoms with van der Waals surface area (Å²) < 4.78 is 114. The second-order valence-electron chi connectivity index (χ2n) is 19.0. The predicted octanol–water partition coefficient (Wildman–Crippen LogP) is 10.2. The number of primary sulfonamides is 1. The molecule has 0 saturated heterocycles. The van der Waals surface area contributed by atoms with E-state index in [1.54, 1.807) is 41.2 Å². The zero-order valence-electron chi connectivity index (χ0n) is 41.6. The number of nitrogens with zero attached hydrogens (tertiary/aromatic N) is 4. The molecule has 4 aromatic heterocycles. The van der Waals surface area contributed by atoms with E-state index in [0.29, 0.717) is 73.6 Å². The fourth-order valence-electron chi connectivity index (χ4n) is 9.63. The van der Waals surface area contributed by atoms with E-state index < -0.39 is 60.6 Å². The van der Waals surface area contributed by atoms with Crippen LogP contribution >= 0.6 is 0 Å². The molecule has 4 heterocycles. The van der Waals surface area contributed by atoms with Crippen molar-refractivity contribution in [3.05, 3.63) is 166 Å². The van der Waals surface area contributed by atoms with Crippen molar-refractivity contribution >= 4 is 53.4 Å². The third kappa shape index (κ3) is 12.1. The summed E-state index contributed by atoms with van der Waals surface area (Å²) in [5.74, 6) is -2.53. The number of ketones is 1. The van der Waals surface area contributed by atoms with Gasteiger partial charge in [0.2, 0.25) is 21.8 Å². The van der Waals surface area contributed by atoms with Crippen LogP contribution in [0.4, 0.5) is 17.6 Å². The number of aromatic carboxylic acids is 1. The summed E-state index contributed by atoms with van der Waals surface area (Å²) in [7, 11) is -3.92. The Balaban J connectivity index is 0.000000184. The fourth-order valence-corrected chi connectivity index (χ4v) is 10.2. The van der Waals surface area contributed by atoms with Gasteiger partial charge in [-0.3, -0.25) is 4.79 Å². The van der Waals surface area contributed by atoms with E-state index in [9.17, 15) is 49.1 Å². The second kappa shape index (κ2) is 21.4. The number of benzene rings is 4. The fraction of sp³-hybridized carbons (Fsp3) is 0.273. The Morgan fingerprint density at radius 2 is 1.05 bits per heavy atom. The highest BCUT2D eigenvalue weighted by atomic mass is 32.2. The summed E-state index contributed by atoms with van der Waals surface area (Å²) in [6.45, 7) is 4.04. The lowest BCUT2D eigenvalue weighted by atomic mass is 9.98. The van der Waals surface area contributed by atoms with E-state index in [4.69, 9.17) is 9.47 Å². The maximum Gasteiger partial charge on any atom is 0.353 e. The third-order valence-corrected chi connectivity index (χ3v) is 14.0. The van der Waals surface area contributed by atoms with Gasteiger partial charge in [-0.2, -0.15) is 0 Å². The number of sulfonamides is 1. The number of halogens is 4. The predicted molar refractivity (Wildman–Crippen MR) is 277 cm³/mol. The van der Waals surface area contributed by atoms with Crippen molar-refractivity contribution < 1.29 is 58.6 Å². The summed E-state index contributed by atoms with van der Waals surface area (Å²) in [6, 6.07) is 24.9. The number of methoxy groups -OCH3 is 2. The molecule has 0 amide bonds. The Hall–Kier alpha value is -7.42. The number of fused-ring (bicyclic) bond motifs is 2. The summed E-state index contributed by atoms with van der Waals surface area (Å²) >= 11 is 0. The molecule has 14 nitrogen and oxygen atoms in total. The maximum absolute atomic E-state index is 14.7. The smallest absolute Gasteiger partial charge is 0.353 e. The minimum atomic E-state index is -3.69. The monoisotopic (exact) mass is 1070 g/mol. The number of nitrogens with two attached hydrogens (primary N) is 1. The Bertz CT molecular complexity index is 3760. The molecule has 3 N–H and O–H groups in total. The number of carboxylic acid groups (broad SMARTS) is 1. The first-order valence-electron chi connectivity index (χ1n) is 23.6. The normalized spacial score (nSPS) is 16.9. The van der Waals surface area contributed by atoms with Gasteiger partial charge < -0.3 is 23.7 Å². The summed E-state index contributed by atoms with van der Waals surface area (Å²) in [4.78, 5) is 34.7. The number of pyridine rings is 2. The molecule has 0 radical (unpaired) electrons. The Morgan fingerprint density at radius 1 is 0.653 bits per heavy atom. The van der Waals surface area contributed by atoms with Gasteiger partial charge in [-0.25, -0.2) is 54.3 Å². The SMILES string of the molecule is COc1ncccc1-c1c(C(=O)CS(C)(=O)=O)n(Cc2cc(F)ccc2F)c2ccc([C@H]3C[C@H]3C)cc12.COc1ncccc1-c1c(C(=O)O)n(Cc2cc(F)ccc2F)c2ccc([C@H]3C[C@H]3C)cc12.CS(N)(=O)=O. The van der Waals surface area contributed by atoms with Crippen molar-refractivity contribution in [1.29, 1.82) is 0 Å². The molecule has 0 bridgehead atoms. The van der Waals surface area contributed by atoms with Crippen LogP contribution in [0, 0.1) is 35.1 Å². The number of sulfone groups is 1. The van der Waals surface area contributed by atoms with Crippen molar-refractivity contribution in [2.24, 2.45) is 17.0 Å². The molecular weight excluding hydrogens is 1010 g/mol. The van der Waals surface area contributed by atoms with Crippen molar-refractivity contribution in [1.82, 2.24) is 19.1 Å². The van der Waals surface area contributed by atoms with E-state index in [-0.39, 0.29) is 41.5 Å². The lowest BCUT2D eigenvalue weighted by Crippen LogP contribution is -2.20. The van der Waals surface area contributed by atoms with Gasteiger partial charge in [0.15, 0.2) is 15.6 Å². The molecule has 0 unspecified atom stereocenters. The lowest BCUT2D eigenvalue weighted by Gasteiger charge is -2.13. The zero-order valence-corrected chi connectivity index (χ0v) is 43.3. The molecule has 8 aromatic rings. The van der Waals surface area contributed by atoms with Crippen LogP contribution in [0.1, 0.15) is 81.8 Å². The maximum atomic E-state index is 14.7. The van der Waals surface area contributed by atoms with E-state index >= 15 is 0 Å². The molecule has 0 aliphatic heterocycles. The van der Waals surface area contributed by atoms with Crippen LogP contribution in [0.2, 0.25) is 0 Å². The number of hydrogen-bond acceptors (Lipinski definition) is 10. The molecule has 2 aliphatic rings. The van der Waals surface area contributed by atoms with Crippen LogP contribution in [0.3, 0.4) is 0 Å². The van der Waals surface area contributed by atoms with Crippen molar-refractivity contribution in [3.8, 4) is 34.0 Å². The standard InChI is InChI=1S/C28H26F2N2O4S.C26H22F2N2O3.CH5NO2S/c1-16-11-21(16)17-6-9-24-22(13-17)26(20-5-4-10-31-28(20)36-2)27(25(33)15-37(3,34)35)32(24)14-18-12-19(29)7-8-23(18)30;1-14-10-19(14)15-5-8-22-20(12-15)23(18-4-3-9-29-25(18)33-2)24(26(31)32)30(22)13-16-11-17(27)6-7-21(16)28;1-5(2,3)4/h4-10,12-13,16,21H,11,14-15H2,1-3H3;3-9,11-12,14,19H,10,13H2,1-2H3,(H,31,32);1H3,(H2,2,3,4)/t16-,21+;14-,19+;/m11./s1. The van der Waals surface area contributed by atoms with Gasteiger partial charge >= 0.3 is 5.97 Å². The summed E-state index contributed by atoms with van der Waals surface area (Å²) in [5, 5.41) is 16.0. The Kier molecular flexibility index (Phi) is 15.4. The van der Waals surface area contributed by atoms with Gasteiger partial charge in [-0.1, -0.05) is 26.0 Å². The highest BCUT2D eigenvalue weighted by molar-refractivity contribution is 7.91. The molecule has 392 valence electrons. The molecule has 2 fully saturated rings. The Labute approximate surface area is 430 Å². The minimum absolute atomic E-state index is 0.0269. The largest absolute Gasteiger partial charge is 0.481 e. The molecule has 0 spiro atoms. The molecule has 2 saturated carbocycles. The summed E-state index contributed by atoms with van der Waals surface area (Å²) in [6.07, 6.45) is 7.18. The lowest BCUT2D eigenvalue weighted by molar-refractivity contribution is 0.0686. The number of ether oxygens (including phenoxy) is 2. The first kappa shape index (κ1) is 53.9. The van der Waals surface area contributed by atoms with E-state index in [1.807, 2.05) is 36.4 Å². The van der Waals surface area contributed by atoms with Gasteiger partial charge in [0.05, 0.1) is 39.3 Å². The first-order valence-corrected chi connectivity index (χ1v) is 27.6. The number of carbonyl (C=O) groups excluding carboxylic acids is 1. The average molecular weight is 1070 g/mol. The van der Waals surface area contributed by atoms with Crippen LogP contribution in [-0.4, -0.2) is 85.3 Å². The Morgan fingerprint density at radius 3 is 1.43 bits per heavy atom. The quantitative estimate of drug-likeness (QED) is 0.0775. The minimum Gasteiger partial charge on any atom is -0.481 e. The number of aromatic nitrogens is 4. The molecule has 4 atom stereocenters. The van der Waals surface area contributed by atoms with Crippen LogP contribution in [0.5, 0.6) is 11.8 Å². The topological polar surface area (TPSA) is 203 Å². The molecule has 20 heteroatoms. The zero-order chi connectivity index (χ0) is 54.3. The van der Waals surface area contributed by atoms with Gasteiger partial charge in [-0.05, 0) is 133 Å². The highest BCUT2D eigenvalue weighted by Gasteiger charge is 2.37. The molecular formula is C55H53F4N5O9S2. The molecule has 10 rings (SSSR count). The summed E-state index contributed by atoms with van der Waals surface area (Å²) in [5.41, 5.74) is 5.55. The van der Waals surface area contributed by atoms with Crippen LogP contribution in [0.15, 0.2) is 109 Å². The van der Waals surface area contributed by atoms with Gasteiger partial charge in [0.25, 0.3) is 0 Å². The first-order chi connectivity index (χ1) is 35.5. The van der Waals surface area contributed by atoms with Crippen molar-refractivity contribution in [2.45, 2.75) is 51.6 Å². The van der Waals surface area contributed by atoms with Gasteiger partial charge in [0.1, 0.15) is 34.7 Å². The van der Waals surface area contributed by atoms with E-state index in [2.05, 4.69) is 29.0 Å². The molecule has 75 heavy (non-hydrogen) atoms. The van der Waals surface area contributed by atoms with Crippen LogP contribution < -0.4 is 14.6 Å². The number of carbonyl (C=O) groups is 2. The number of Topliss-reactive ketones (excluding diaryl/α,β-unsaturated/α-hetero) is 1. The highest BCUT2D eigenvalue weighted by Crippen LogP contribution is 2.50. The number of rotatable bonds is 14. The van der Waals surface area contributed by atoms with Crippen LogP contribution in [-0.2, 0) is 33.0 Å². The van der Waals surface area contributed by atoms with Gasteiger partial charge in [-0.15, -0.1) is 0 Å². The van der Waals surface area contributed by atoms with Crippen LogP contribution in [0.25, 0.3) is 44.1 Å². The van der Waals surface area contributed by atoms with Gasteiger partial charge in [0, 0.05) is 73.8 Å². The van der Waals surface area contributed by atoms with Crippen molar-refractivity contribution in [3.63, 3.8) is 0 Å². The number of hydrogen-bond donors (Lipinski definition) is 2. The third-order valence-electron chi connectivity index (χ3n) is 13.3. The van der Waals surface area contributed by atoms with Crippen molar-refractivity contribution in [2.75, 3.05) is 32.5 Å². The van der Waals surface area contributed by atoms with E-state index in [0.717, 1.165) is 72.9 Å². The van der Waals surface area contributed by atoms with E-state index in [1.165, 1.54) is 18.8 Å².